The average molecular weight is 496 g/mol. The molecular formula is C13H20Br4. The van der Waals surface area contributed by atoms with Gasteiger partial charge in [0.15, 0.2) is 0 Å². The number of hydrogen-bond acceptors (Lipinski definition) is 0. The van der Waals surface area contributed by atoms with E-state index in [1.807, 2.05) is 0 Å². The Hall–Kier alpha value is 1.92. The van der Waals surface area contributed by atoms with Crippen LogP contribution in [0.15, 0.2) is 0 Å². The molecule has 2 atom stereocenters. The van der Waals surface area contributed by atoms with Crippen LogP contribution in [0, 0.1) is 5.92 Å². The highest BCUT2D eigenvalue weighted by molar-refractivity contribution is 9.27. The lowest BCUT2D eigenvalue weighted by Crippen LogP contribution is -2.50. The summed E-state index contributed by atoms with van der Waals surface area (Å²) in [5.41, 5.74) is 0. The van der Waals surface area contributed by atoms with Gasteiger partial charge < -0.3 is 0 Å². The summed E-state index contributed by atoms with van der Waals surface area (Å²) in [5.74, 6) is 0.912. The van der Waals surface area contributed by atoms with Gasteiger partial charge in [-0.15, -0.1) is 0 Å². The van der Waals surface area contributed by atoms with Gasteiger partial charge in [0, 0.05) is 4.83 Å². The minimum Gasteiger partial charge on any atom is -0.0866 e. The van der Waals surface area contributed by atoms with E-state index < -0.39 is 0 Å². The van der Waals surface area contributed by atoms with Crippen molar-refractivity contribution in [2.45, 2.75) is 70.2 Å². The molecule has 0 amide bonds. The van der Waals surface area contributed by atoms with E-state index >= 15 is 0 Å². The van der Waals surface area contributed by atoms with E-state index in [2.05, 4.69) is 63.7 Å². The van der Waals surface area contributed by atoms with Gasteiger partial charge in [0.25, 0.3) is 0 Å². The molecule has 0 heterocycles. The normalized spacial score (nSPS) is 39.2. The highest BCUT2D eigenvalue weighted by atomic mass is 79.9. The molecule has 4 heteroatoms. The van der Waals surface area contributed by atoms with Crippen LogP contribution in [0.3, 0.4) is 0 Å². The zero-order valence-corrected chi connectivity index (χ0v) is 16.4. The van der Waals surface area contributed by atoms with Crippen LogP contribution in [0.2, 0.25) is 0 Å². The quantitative estimate of drug-likeness (QED) is 0.382. The van der Waals surface area contributed by atoms with Crippen LogP contribution in [0.5, 0.6) is 0 Å². The predicted molar refractivity (Wildman–Crippen MR) is 90.0 cm³/mol. The van der Waals surface area contributed by atoms with Crippen molar-refractivity contribution in [2.75, 3.05) is 0 Å². The molecule has 0 aromatic rings. The van der Waals surface area contributed by atoms with Gasteiger partial charge in [0.2, 0.25) is 0 Å². The van der Waals surface area contributed by atoms with Gasteiger partial charge in [0.1, 0.15) is 3.23 Å². The summed E-state index contributed by atoms with van der Waals surface area (Å²) in [6, 6.07) is 0. The second kappa shape index (κ2) is 6.13. The van der Waals surface area contributed by atoms with Crippen molar-refractivity contribution >= 4 is 63.7 Å². The van der Waals surface area contributed by atoms with Crippen LogP contribution >= 0.6 is 63.7 Å². The Kier molecular flexibility index (Phi) is 5.52. The summed E-state index contributed by atoms with van der Waals surface area (Å²) >= 11 is 15.8. The zero-order valence-electron chi connectivity index (χ0n) is 10.0. The number of rotatable bonds is 2. The second-order valence-electron chi connectivity index (χ2n) is 5.66. The summed E-state index contributed by atoms with van der Waals surface area (Å²) in [4.78, 5) is 0.506. The van der Waals surface area contributed by atoms with Gasteiger partial charge >= 0.3 is 0 Å². The zero-order chi connectivity index (χ0) is 12.5. The lowest BCUT2D eigenvalue weighted by Gasteiger charge is -2.48. The molecule has 0 aliphatic heterocycles. The molecule has 0 bridgehead atoms. The predicted octanol–water partition coefficient (Wildman–Crippen LogP) is 6.52. The third kappa shape index (κ3) is 3.33. The maximum atomic E-state index is 4.07. The van der Waals surface area contributed by atoms with Gasteiger partial charge in [0.05, 0.1) is 4.32 Å². The summed E-state index contributed by atoms with van der Waals surface area (Å²) in [5, 5.41) is 0. The van der Waals surface area contributed by atoms with Gasteiger partial charge in [-0.25, -0.2) is 0 Å². The maximum absolute atomic E-state index is 4.07. The highest BCUT2D eigenvalue weighted by Gasteiger charge is 2.53. The minimum absolute atomic E-state index is 0.00268. The largest absolute Gasteiger partial charge is 0.108 e. The third-order valence-electron chi connectivity index (χ3n) is 4.36. The van der Waals surface area contributed by atoms with E-state index in [-0.39, 0.29) is 7.56 Å². The number of halogens is 4. The molecule has 17 heavy (non-hydrogen) atoms. The molecule has 100 valence electrons. The summed E-state index contributed by atoms with van der Waals surface area (Å²) in [6.07, 6.45) is 12.3. The van der Waals surface area contributed by atoms with Crippen LogP contribution in [0.1, 0.15) is 57.8 Å². The lowest BCUT2D eigenvalue weighted by atomic mass is 9.77. The summed E-state index contributed by atoms with van der Waals surface area (Å²) < 4.78 is 0.205. The van der Waals surface area contributed by atoms with Gasteiger partial charge in [-0.05, 0) is 25.2 Å². The Balaban J connectivity index is 2.05. The van der Waals surface area contributed by atoms with Crippen LogP contribution < -0.4 is 0 Å². The molecule has 2 saturated carbocycles. The van der Waals surface area contributed by atoms with Crippen LogP contribution in [0.4, 0.5) is 0 Å². The van der Waals surface area contributed by atoms with Crippen LogP contribution in [-0.2, 0) is 0 Å². The summed E-state index contributed by atoms with van der Waals surface area (Å²) in [6.45, 7) is 0. The number of alkyl halides is 4. The fourth-order valence-corrected chi connectivity index (χ4v) is 6.54. The molecule has 0 aromatic heterocycles. The van der Waals surface area contributed by atoms with Crippen LogP contribution in [-0.4, -0.2) is 12.4 Å². The molecule has 2 aliphatic rings. The first kappa shape index (κ1) is 15.3. The van der Waals surface area contributed by atoms with Crippen molar-refractivity contribution in [3.05, 3.63) is 0 Å². The van der Waals surface area contributed by atoms with Crippen molar-refractivity contribution in [1.82, 2.24) is 0 Å². The third-order valence-corrected chi connectivity index (χ3v) is 11.8. The molecular weight excluding hydrogens is 476 g/mol. The minimum atomic E-state index is 0.00268. The Bertz CT molecular complexity index is 260. The smallest absolute Gasteiger partial charge is 0.0866 e. The summed E-state index contributed by atoms with van der Waals surface area (Å²) in [7, 11) is 0. The Morgan fingerprint density at radius 1 is 0.882 bits per heavy atom. The Morgan fingerprint density at radius 2 is 1.53 bits per heavy atom. The molecule has 0 nitrogen and oxygen atoms in total. The SMILES string of the molecule is BrC1CCCC(Br)(CC2CCCCC2)C1(Br)Br. The molecule has 0 radical (unpaired) electrons. The molecule has 0 N–H and O–H groups in total. The van der Waals surface area contributed by atoms with E-state index in [0.717, 1.165) is 5.92 Å². The van der Waals surface area contributed by atoms with Crippen molar-refractivity contribution in [2.24, 2.45) is 5.92 Å². The van der Waals surface area contributed by atoms with Crippen molar-refractivity contribution in [3.63, 3.8) is 0 Å². The topological polar surface area (TPSA) is 0 Å². The fourth-order valence-electron chi connectivity index (χ4n) is 3.28. The second-order valence-corrected chi connectivity index (χ2v) is 11.8. The Labute approximate surface area is 139 Å². The van der Waals surface area contributed by atoms with E-state index in [1.165, 1.54) is 57.8 Å². The van der Waals surface area contributed by atoms with Gasteiger partial charge in [-0.3, -0.25) is 0 Å². The molecule has 0 spiro atoms. The van der Waals surface area contributed by atoms with Crippen molar-refractivity contribution < 1.29 is 0 Å². The lowest BCUT2D eigenvalue weighted by molar-refractivity contribution is 0.276. The number of hydrogen-bond donors (Lipinski definition) is 0. The molecule has 2 aliphatic carbocycles. The van der Waals surface area contributed by atoms with E-state index in [4.69, 9.17) is 0 Å². The van der Waals surface area contributed by atoms with Crippen molar-refractivity contribution in [3.8, 4) is 0 Å². The maximum Gasteiger partial charge on any atom is 0.108 e. The monoisotopic (exact) mass is 492 g/mol. The molecule has 2 unspecified atom stereocenters. The Morgan fingerprint density at radius 3 is 2.18 bits per heavy atom. The standard InChI is InChI=1S/C13H20Br4/c14-11-7-4-8-12(15,13(11,16)17)9-10-5-2-1-3-6-10/h10-11H,1-9H2. The van der Waals surface area contributed by atoms with Gasteiger partial charge in [-0.1, -0.05) is 102 Å². The van der Waals surface area contributed by atoms with Crippen LogP contribution in [0.25, 0.3) is 0 Å². The van der Waals surface area contributed by atoms with Crippen molar-refractivity contribution in [1.29, 1.82) is 0 Å². The average Bonchev–Trinajstić information content (AvgIpc) is 2.28. The molecule has 0 aromatic carbocycles. The molecule has 2 rings (SSSR count). The van der Waals surface area contributed by atoms with E-state index in [1.54, 1.807) is 0 Å². The fraction of sp³-hybridized carbons (Fsp3) is 1.00. The first-order valence-electron chi connectivity index (χ1n) is 6.66. The van der Waals surface area contributed by atoms with E-state index in [9.17, 15) is 0 Å². The van der Waals surface area contributed by atoms with E-state index in [0.29, 0.717) is 4.83 Å². The highest BCUT2D eigenvalue weighted by Crippen LogP contribution is 2.58. The van der Waals surface area contributed by atoms with Gasteiger partial charge in [-0.2, -0.15) is 0 Å². The first-order chi connectivity index (χ1) is 7.96. The molecule has 2 fully saturated rings. The first-order valence-corrected chi connectivity index (χ1v) is 9.96. The molecule has 0 saturated heterocycles.